The van der Waals surface area contributed by atoms with Crippen molar-refractivity contribution in [3.63, 3.8) is 0 Å². The summed E-state index contributed by atoms with van der Waals surface area (Å²) in [4.78, 5) is 72.9. The predicted molar refractivity (Wildman–Crippen MR) is 395 cm³/mol. The molecule has 17 nitrogen and oxygen atoms in total. The molecular weight excluding hydrogens is 1270 g/mol. The third kappa shape index (κ3) is 70.9. The third-order valence-electron chi connectivity index (χ3n) is 18.4. The monoisotopic (exact) mass is 1420 g/mol. The molecule has 0 spiro atoms. The van der Waals surface area contributed by atoms with Crippen LogP contribution in [-0.2, 0) is 65.4 Å². The number of phosphoric acid groups is 2. The second-order valence-electron chi connectivity index (χ2n) is 29.8. The van der Waals surface area contributed by atoms with E-state index in [1.807, 2.05) is 0 Å². The van der Waals surface area contributed by atoms with Crippen molar-refractivity contribution in [3.05, 3.63) is 0 Å². The van der Waals surface area contributed by atoms with E-state index >= 15 is 0 Å². The van der Waals surface area contributed by atoms with Gasteiger partial charge in [0.05, 0.1) is 26.4 Å². The summed E-state index contributed by atoms with van der Waals surface area (Å²) in [6, 6.07) is 0. The molecule has 0 rings (SSSR count). The van der Waals surface area contributed by atoms with Gasteiger partial charge in [0.2, 0.25) is 0 Å². The fourth-order valence-corrected chi connectivity index (χ4v) is 13.5. The Kier molecular flexibility index (Phi) is 65.9. The summed E-state index contributed by atoms with van der Waals surface area (Å²) in [7, 11) is -9.92. The minimum Gasteiger partial charge on any atom is -0.462 e. The summed E-state index contributed by atoms with van der Waals surface area (Å²) >= 11 is 0. The Bertz CT molecular complexity index is 1900. The van der Waals surface area contributed by atoms with Gasteiger partial charge in [0.1, 0.15) is 19.3 Å². The largest absolute Gasteiger partial charge is 0.472 e. The Hall–Kier alpha value is -1.94. The molecule has 0 aromatic rings. The number of hydrogen-bond donors (Lipinski definition) is 3. The molecule has 0 amide bonds. The topological polar surface area (TPSA) is 237 Å². The zero-order valence-electron chi connectivity index (χ0n) is 63.7. The van der Waals surface area contributed by atoms with E-state index in [9.17, 15) is 43.2 Å². The van der Waals surface area contributed by atoms with Gasteiger partial charge < -0.3 is 33.8 Å². The first-order valence-corrected chi connectivity index (χ1v) is 43.2. The number of carbonyl (C=O) groups excluding carboxylic acids is 4. The summed E-state index contributed by atoms with van der Waals surface area (Å²) in [5.74, 6) is 0.947. The van der Waals surface area contributed by atoms with Gasteiger partial charge in [-0.15, -0.1) is 0 Å². The number of hydrogen-bond acceptors (Lipinski definition) is 15. The van der Waals surface area contributed by atoms with Crippen LogP contribution in [0.4, 0.5) is 0 Å². The second-order valence-corrected chi connectivity index (χ2v) is 32.7. The second kappa shape index (κ2) is 67.2. The molecule has 0 heterocycles. The van der Waals surface area contributed by atoms with Gasteiger partial charge in [-0.25, -0.2) is 9.13 Å². The van der Waals surface area contributed by atoms with E-state index in [0.717, 1.165) is 120 Å². The fourth-order valence-electron chi connectivity index (χ4n) is 11.9. The van der Waals surface area contributed by atoms with E-state index in [4.69, 9.17) is 37.0 Å². The Morgan fingerprint density at radius 2 is 0.495 bits per heavy atom. The van der Waals surface area contributed by atoms with Crippen LogP contribution in [0.15, 0.2) is 0 Å². The summed E-state index contributed by atoms with van der Waals surface area (Å²) in [5, 5.41) is 10.6. The Morgan fingerprint density at radius 1 is 0.289 bits per heavy atom. The van der Waals surface area contributed by atoms with Crippen molar-refractivity contribution in [2.24, 2.45) is 23.7 Å². The normalized spacial score (nSPS) is 14.4. The van der Waals surface area contributed by atoms with Crippen LogP contribution < -0.4 is 0 Å². The van der Waals surface area contributed by atoms with Gasteiger partial charge in [-0.3, -0.25) is 37.3 Å². The van der Waals surface area contributed by atoms with Crippen molar-refractivity contribution in [2.75, 3.05) is 39.6 Å². The maximum absolute atomic E-state index is 13.1. The molecule has 0 aliphatic carbocycles. The van der Waals surface area contributed by atoms with Crippen LogP contribution in [0.25, 0.3) is 0 Å². The maximum Gasteiger partial charge on any atom is 0.472 e. The lowest BCUT2D eigenvalue weighted by Crippen LogP contribution is -2.30. The minimum atomic E-state index is -4.96. The van der Waals surface area contributed by atoms with Crippen molar-refractivity contribution < 1.29 is 80.2 Å². The number of esters is 4. The van der Waals surface area contributed by atoms with Gasteiger partial charge >= 0.3 is 39.5 Å². The molecule has 0 radical (unpaired) electrons. The lowest BCUT2D eigenvalue weighted by atomic mass is 10.00. The van der Waals surface area contributed by atoms with Gasteiger partial charge in [-0.05, 0) is 49.4 Å². The molecule has 19 heteroatoms. The maximum atomic E-state index is 13.1. The molecule has 3 unspecified atom stereocenters. The van der Waals surface area contributed by atoms with Crippen molar-refractivity contribution >= 4 is 39.5 Å². The van der Waals surface area contributed by atoms with Crippen LogP contribution in [0.1, 0.15) is 396 Å². The predicted octanol–water partition coefficient (Wildman–Crippen LogP) is 22.8. The summed E-state index contributed by atoms with van der Waals surface area (Å²) in [6.07, 6.45) is 52.8. The van der Waals surface area contributed by atoms with Crippen molar-refractivity contribution in [3.8, 4) is 0 Å². The van der Waals surface area contributed by atoms with Gasteiger partial charge in [-0.1, -0.05) is 344 Å². The number of carbonyl (C=O) groups is 4. The molecular formula is C78H152O17P2. The molecule has 6 atom stereocenters. The summed E-state index contributed by atoms with van der Waals surface area (Å²) in [5.41, 5.74) is 0. The molecule has 0 aromatic heterocycles. The smallest absolute Gasteiger partial charge is 0.462 e. The quantitative estimate of drug-likeness (QED) is 0.0222. The van der Waals surface area contributed by atoms with Gasteiger partial charge in [0.25, 0.3) is 0 Å². The van der Waals surface area contributed by atoms with Crippen molar-refractivity contribution in [1.29, 1.82) is 0 Å². The van der Waals surface area contributed by atoms with Crippen LogP contribution in [0.5, 0.6) is 0 Å². The van der Waals surface area contributed by atoms with E-state index in [-0.39, 0.29) is 25.7 Å². The Balaban J connectivity index is 5.23. The van der Waals surface area contributed by atoms with Crippen molar-refractivity contribution in [2.45, 2.75) is 414 Å². The van der Waals surface area contributed by atoms with E-state index in [1.54, 1.807) is 0 Å². The minimum absolute atomic E-state index is 0.104. The number of unbranched alkanes of at least 4 members (excludes halogenated alkanes) is 40. The summed E-state index contributed by atoms with van der Waals surface area (Å²) in [6.45, 7) is 14.2. The van der Waals surface area contributed by atoms with Gasteiger partial charge in [-0.2, -0.15) is 0 Å². The van der Waals surface area contributed by atoms with Crippen LogP contribution in [-0.4, -0.2) is 96.7 Å². The standard InChI is InChI=1S/C78H152O17P2/c1-9-71(8)57-49-41-36-37-43-51-59-76(81)89-65-74(95-78(83)61-53-45-35-29-23-26-32-40-48-56-70(6)7)67-93-97(86,87)91-63-72(79)62-90-96(84,85)92-66-73(94-77(82)60-52-44-34-28-22-18-14-16-20-25-31-39-47-55-69(4)5)64-88-75(80)58-50-42-33-27-21-17-13-11-10-12-15-19-24-30-38-46-54-68(2)3/h68-74,79H,9-67H2,1-8H3,(H,84,85)(H,86,87)/t71?,72-,73-,74-/m1/s1. The van der Waals surface area contributed by atoms with Gasteiger partial charge in [0, 0.05) is 25.7 Å². The van der Waals surface area contributed by atoms with Gasteiger partial charge in [0.15, 0.2) is 12.2 Å². The van der Waals surface area contributed by atoms with E-state index in [0.29, 0.717) is 25.7 Å². The molecule has 576 valence electrons. The van der Waals surface area contributed by atoms with Crippen LogP contribution in [0.2, 0.25) is 0 Å². The first-order chi connectivity index (χ1) is 46.6. The van der Waals surface area contributed by atoms with E-state index in [1.165, 1.54) is 193 Å². The van der Waals surface area contributed by atoms with E-state index < -0.39 is 97.5 Å². The van der Waals surface area contributed by atoms with Crippen LogP contribution in [0, 0.1) is 23.7 Å². The molecule has 0 saturated heterocycles. The summed E-state index contributed by atoms with van der Waals surface area (Å²) < 4.78 is 68.6. The first-order valence-electron chi connectivity index (χ1n) is 40.2. The zero-order chi connectivity index (χ0) is 71.7. The molecule has 0 fully saturated rings. The lowest BCUT2D eigenvalue weighted by molar-refractivity contribution is -0.161. The molecule has 0 aromatic carbocycles. The molecule has 97 heavy (non-hydrogen) atoms. The molecule has 0 bridgehead atoms. The number of aliphatic hydroxyl groups is 1. The molecule has 0 aliphatic heterocycles. The number of ether oxygens (including phenoxy) is 4. The highest BCUT2D eigenvalue weighted by molar-refractivity contribution is 7.47. The molecule has 3 N–H and O–H groups in total. The highest BCUT2D eigenvalue weighted by Gasteiger charge is 2.30. The molecule has 0 aliphatic rings. The molecule has 0 saturated carbocycles. The number of rotatable bonds is 75. The SMILES string of the molecule is CCC(C)CCCCCCCCC(=O)OC[C@H](COP(=O)(O)OC[C@H](O)COP(=O)(O)OC[C@@H](COC(=O)CCCCCCCCCCCCCCCCCCC(C)C)OC(=O)CCCCCCCCCCCCCCCC(C)C)OC(=O)CCCCCCCCCCCC(C)C. The van der Waals surface area contributed by atoms with Crippen LogP contribution >= 0.6 is 15.6 Å². The lowest BCUT2D eigenvalue weighted by Gasteiger charge is -2.21. The van der Waals surface area contributed by atoms with Crippen LogP contribution in [0.3, 0.4) is 0 Å². The average molecular weight is 1420 g/mol. The highest BCUT2D eigenvalue weighted by atomic mass is 31.2. The Labute approximate surface area is 594 Å². The highest BCUT2D eigenvalue weighted by Crippen LogP contribution is 2.45. The first kappa shape index (κ1) is 95.1. The fraction of sp³-hybridized carbons (Fsp3) is 0.949. The number of phosphoric ester groups is 2. The number of aliphatic hydroxyl groups excluding tert-OH is 1. The third-order valence-corrected chi connectivity index (χ3v) is 20.3. The van der Waals surface area contributed by atoms with Crippen molar-refractivity contribution in [1.82, 2.24) is 0 Å². The van der Waals surface area contributed by atoms with E-state index in [2.05, 4.69) is 55.4 Å². The Morgan fingerprint density at radius 3 is 0.732 bits per heavy atom. The average Bonchev–Trinajstić information content (AvgIpc) is 1.11. The zero-order valence-corrected chi connectivity index (χ0v) is 65.5.